The molecule has 4 N–H and O–H groups in total. The van der Waals surface area contributed by atoms with E-state index in [1.807, 2.05) is 0 Å². The van der Waals surface area contributed by atoms with E-state index >= 15 is 0 Å². The number of unbranched alkanes of at least 4 members (excludes halogenated alkanes) is 32. The molecular weight excluding hydrogens is 830 g/mol. The van der Waals surface area contributed by atoms with Gasteiger partial charge in [0.1, 0.15) is 12.6 Å². The van der Waals surface area contributed by atoms with Crippen LogP contribution in [0.2, 0.25) is 0 Å². The van der Waals surface area contributed by atoms with Gasteiger partial charge in [0.15, 0.2) is 6.10 Å². The maximum absolute atomic E-state index is 12.7. The Morgan fingerprint density at radius 2 is 0.781 bits per heavy atom. The van der Waals surface area contributed by atoms with Gasteiger partial charge in [-0.15, -0.1) is 0 Å². The highest BCUT2D eigenvalue weighted by molar-refractivity contribution is 7.47. The van der Waals surface area contributed by atoms with Crippen molar-refractivity contribution in [1.82, 2.24) is 0 Å². The molecule has 0 aliphatic heterocycles. The summed E-state index contributed by atoms with van der Waals surface area (Å²) in [6.07, 6.45) is 52.4. The van der Waals surface area contributed by atoms with Crippen LogP contribution in [0.3, 0.4) is 0 Å². The number of hydrogen-bond acceptors (Lipinski definition) is 9. The van der Waals surface area contributed by atoms with Gasteiger partial charge in [-0.05, 0) is 64.2 Å². The molecule has 0 radical (unpaired) electrons. The zero-order chi connectivity index (χ0) is 47.0. The molecule has 0 aliphatic rings. The summed E-state index contributed by atoms with van der Waals surface area (Å²) < 4.78 is 32.9. The fourth-order valence-corrected chi connectivity index (χ4v) is 8.31. The quantitative estimate of drug-likeness (QED) is 0.0229. The van der Waals surface area contributed by atoms with Gasteiger partial charge in [0.05, 0.1) is 13.2 Å². The molecule has 0 amide bonds. The normalized spacial score (nSPS) is 13.7. The largest absolute Gasteiger partial charge is 0.480 e. The number of phosphoric ester groups is 1. The number of carboxylic acid groups (broad SMARTS) is 1. The first-order chi connectivity index (χ1) is 31.1. The predicted octanol–water partition coefficient (Wildman–Crippen LogP) is 15.0. The molecule has 0 bridgehead atoms. The van der Waals surface area contributed by atoms with E-state index in [0.29, 0.717) is 12.8 Å². The molecule has 376 valence electrons. The molecule has 0 saturated carbocycles. The van der Waals surface area contributed by atoms with Crippen LogP contribution in [0.5, 0.6) is 0 Å². The third-order valence-corrected chi connectivity index (χ3v) is 12.6. The lowest BCUT2D eigenvalue weighted by Crippen LogP contribution is -2.34. The molecule has 0 spiro atoms. The van der Waals surface area contributed by atoms with E-state index in [1.54, 1.807) is 0 Å². The Labute approximate surface area is 391 Å². The predicted molar refractivity (Wildman–Crippen MR) is 263 cm³/mol. The zero-order valence-electron chi connectivity index (χ0n) is 41.1. The molecule has 0 rings (SSSR count). The van der Waals surface area contributed by atoms with Gasteiger partial charge in [-0.25, -0.2) is 4.57 Å². The van der Waals surface area contributed by atoms with Gasteiger partial charge >= 0.3 is 25.7 Å². The van der Waals surface area contributed by atoms with Gasteiger partial charge in [-0.2, -0.15) is 0 Å². The maximum atomic E-state index is 12.7. The molecule has 64 heavy (non-hydrogen) atoms. The van der Waals surface area contributed by atoms with Crippen molar-refractivity contribution >= 4 is 25.7 Å². The summed E-state index contributed by atoms with van der Waals surface area (Å²) in [5.41, 5.74) is 5.36. The number of carbonyl (C=O) groups is 3. The fraction of sp³-hybridized carbons (Fsp3) is 0.865. The first-order valence-electron chi connectivity index (χ1n) is 26.4. The summed E-state index contributed by atoms with van der Waals surface area (Å²) in [5, 5.41) is 8.93. The lowest BCUT2D eigenvalue weighted by Gasteiger charge is -2.20. The number of esters is 2. The molecule has 3 atom stereocenters. The highest BCUT2D eigenvalue weighted by Crippen LogP contribution is 2.43. The summed E-state index contributed by atoms with van der Waals surface area (Å²) in [4.78, 5) is 46.2. The van der Waals surface area contributed by atoms with E-state index in [4.69, 9.17) is 24.8 Å². The Morgan fingerprint density at radius 1 is 0.469 bits per heavy atom. The topological polar surface area (TPSA) is 172 Å². The number of nitrogens with two attached hydrogens (primary N) is 1. The Morgan fingerprint density at radius 3 is 1.14 bits per heavy atom. The number of carbonyl (C=O) groups excluding carboxylic acids is 2. The third kappa shape index (κ3) is 46.5. The smallest absolute Gasteiger partial charge is 0.472 e. The van der Waals surface area contributed by atoms with E-state index in [9.17, 15) is 23.8 Å². The van der Waals surface area contributed by atoms with Crippen molar-refractivity contribution in [3.05, 3.63) is 24.3 Å². The van der Waals surface area contributed by atoms with Gasteiger partial charge in [0.25, 0.3) is 0 Å². The maximum Gasteiger partial charge on any atom is 0.472 e. The number of aliphatic carboxylic acids is 1. The monoisotopic (exact) mass is 928 g/mol. The minimum atomic E-state index is -4.72. The summed E-state index contributed by atoms with van der Waals surface area (Å²) >= 11 is 0. The van der Waals surface area contributed by atoms with Crippen molar-refractivity contribution in [2.75, 3.05) is 19.8 Å². The number of ether oxygens (including phenoxy) is 2. The summed E-state index contributed by atoms with van der Waals surface area (Å²) in [7, 11) is -4.72. The molecule has 0 heterocycles. The molecule has 0 aromatic rings. The van der Waals surface area contributed by atoms with Crippen LogP contribution < -0.4 is 5.73 Å². The minimum absolute atomic E-state index is 0.163. The molecule has 0 aromatic carbocycles. The van der Waals surface area contributed by atoms with E-state index in [2.05, 4.69) is 42.7 Å². The third-order valence-electron chi connectivity index (χ3n) is 11.7. The number of allylic oxidation sites excluding steroid dienone is 4. The molecule has 0 saturated heterocycles. The lowest BCUT2D eigenvalue weighted by atomic mass is 10.0. The standard InChI is InChI=1S/C52H98NO10P/c1-3-5-7-9-11-13-15-17-19-21-23-24-26-28-30-32-34-36-38-40-42-44-51(55)63-48(46-61-64(58,59)62-47-49(53)52(56)57)45-60-50(54)43-41-39-37-35-33-31-29-27-25-22-20-18-16-14-12-10-8-6-4-2/h17-20,48-49H,3-16,21-47,53H2,1-2H3,(H,56,57)(H,58,59)/b19-17-,20-18-/t48-,49+/m1/s1. The Balaban J connectivity index is 4.21. The zero-order valence-corrected chi connectivity index (χ0v) is 42.0. The second-order valence-corrected chi connectivity index (χ2v) is 19.5. The van der Waals surface area contributed by atoms with Gasteiger partial charge in [0, 0.05) is 12.8 Å². The van der Waals surface area contributed by atoms with Gasteiger partial charge in [-0.1, -0.05) is 205 Å². The molecule has 1 unspecified atom stereocenters. The summed E-state index contributed by atoms with van der Waals surface area (Å²) in [5.74, 6) is -2.37. The van der Waals surface area contributed by atoms with Crippen molar-refractivity contribution in [3.8, 4) is 0 Å². The Kier molecular flexibility index (Phi) is 45.9. The molecule has 0 fully saturated rings. The SMILES string of the molecule is CCCCCCCC/C=C\CCCCCCCCCCCCCC(=O)O[C@H](COC(=O)CCCCCCCCCCC/C=C\CCCCCCCC)COP(=O)(O)OC[C@H](N)C(=O)O. The average molecular weight is 928 g/mol. The van der Waals surface area contributed by atoms with Crippen LogP contribution in [0.25, 0.3) is 0 Å². The van der Waals surface area contributed by atoms with E-state index in [-0.39, 0.29) is 19.4 Å². The molecule has 11 nitrogen and oxygen atoms in total. The van der Waals surface area contributed by atoms with Crippen molar-refractivity contribution in [3.63, 3.8) is 0 Å². The van der Waals surface area contributed by atoms with Gasteiger partial charge in [0.2, 0.25) is 0 Å². The first kappa shape index (κ1) is 62.0. The number of hydrogen-bond donors (Lipinski definition) is 3. The van der Waals surface area contributed by atoms with Crippen LogP contribution in [-0.2, 0) is 37.5 Å². The average Bonchev–Trinajstić information content (AvgIpc) is 3.27. The second kappa shape index (κ2) is 47.5. The van der Waals surface area contributed by atoms with Crippen molar-refractivity contribution in [1.29, 1.82) is 0 Å². The van der Waals surface area contributed by atoms with Crippen LogP contribution in [-0.4, -0.2) is 59.9 Å². The highest BCUT2D eigenvalue weighted by atomic mass is 31.2. The number of carboxylic acids is 1. The highest BCUT2D eigenvalue weighted by Gasteiger charge is 2.28. The number of rotatable bonds is 50. The van der Waals surface area contributed by atoms with Crippen molar-refractivity contribution in [2.24, 2.45) is 5.73 Å². The lowest BCUT2D eigenvalue weighted by molar-refractivity contribution is -0.161. The van der Waals surface area contributed by atoms with Crippen LogP contribution in [0.4, 0.5) is 0 Å². The first-order valence-corrected chi connectivity index (χ1v) is 27.9. The van der Waals surface area contributed by atoms with Crippen LogP contribution >= 0.6 is 7.82 Å². The van der Waals surface area contributed by atoms with E-state index in [1.165, 1.54) is 180 Å². The molecule has 0 aromatic heterocycles. The summed E-state index contributed by atoms with van der Waals surface area (Å²) in [6.45, 7) is 2.84. The van der Waals surface area contributed by atoms with E-state index < -0.39 is 51.1 Å². The molecule has 12 heteroatoms. The van der Waals surface area contributed by atoms with Gasteiger partial charge < -0.3 is 25.2 Å². The second-order valence-electron chi connectivity index (χ2n) is 18.0. The summed E-state index contributed by atoms with van der Waals surface area (Å²) in [6, 6.07) is -1.52. The van der Waals surface area contributed by atoms with Crippen LogP contribution in [0, 0.1) is 0 Å². The van der Waals surface area contributed by atoms with E-state index in [0.717, 1.165) is 38.5 Å². The Bertz CT molecular complexity index is 1180. The van der Waals surface area contributed by atoms with Crippen LogP contribution in [0.15, 0.2) is 24.3 Å². The van der Waals surface area contributed by atoms with Crippen LogP contribution in [0.1, 0.15) is 258 Å². The van der Waals surface area contributed by atoms with Crippen molar-refractivity contribution < 1.29 is 47.5 Å². The molecule has 0 aliphatic carbocycles. The molecular formula is C52H98NO10P. The number of phosphoric acid groups is 1. The fourth-order valence-electron chi connectivity index (χ4n) is 7.53. The Hall–Kier alpha value is -2.04. The van der Waals surface area contributed by atoms with Gasteiger partial charge in [-0.3, -0.25) is 23.4 Å². The van der Waals surface area contributed by atoms with Crippen molar-refractivity contribution in [2.45, 2.75) is 270 Å². The minimum Gasteiger partial charge on any atom is -0.480 e.